The number of aromatic nitrogens is 5. The Morgan fingerprint density at radius 1 is 1.24 bits per heavy atom. The molecule has 0 unspecified atom stereocenters. The highest BCUT2D eigenvalue weighted by atomic mass is 16.5. The van der Waals surface area contributed by atoms with E-state index in [1.165, 1.54) is 4.52 Å². The van der Waals surface area contributed by atoms with Crippen LogP contribution in [0.15, 0.2) is 48.8 Å². The molecule has 0 atom stereocenters. The number of carbonyl (C=O) groups is 1. The summed E-state index contributed by atoms with van der Waals surface area (Å²) in [4.78, 5) is 12.3. The van der Waals surface area contributed by atoms with Gasteiger partial charge in [-0.3, -0.25) is 4.79 Å². The standard InChI is InChI=1S/C17H16N6O2/c1-25-14-3-4-15-12(10-14)6-8-22(15)9-7-18-17(24)13-2-5-16-19-20-21-23(16)11-13/h2-6,8,10-11H,7,9H2,1H3,(H,18,24). The number of hydrogen-bond donors (Lipinski definition) is 1. The van der Waals surface area contributed by atoms with Crippen molar-refractivity contribution in [1.29, 1.82) is 0 Å². The van der Waals surface area contributed by atoms with Crippen molar-refractivity contribution >= 4 is 22.5 Å². The van der Waals surface area contributed by atoms with Gasteiger partial charge in [-0.1, -0.05) is 0 Å². The number of methoxy groups -OCH3 is 1. The monoisotopic (exact) mass is 336 g/mol. The summed E-state index contributed by atoms with van der Waals surface area (Å²) in [7, 11) is 1.65. The number of benzene rings is 1. The van der Waals surface area contributed by atoms with E-state index in [-0.39, 0.29) is 5.91 Å². The lowest BCUT2D eigenvalue weighted by Gasteiger charge is -2.08. The summed E-state index contributed by atoms with van der Waals surface area (Å²) >= 11 is 0. The fourth-order valence-electron chi connectivity index (χ4n) is 2.77. The van der Waals surface area contributed by atoms with E-state index < -0.39 is 0 Å². The maximum absolute atomic E-state index is 12.3. The summed E-state index contributed by atoms with van der Waals surface area (Å²) in [5.74, 6) is 0.673. The predicted octanol–water partition coefficient (Wildman–Crippen LogP) is 1.52. The molecule has 0 aliphatic carbocycles. The minimum absolute atomic E-state index is 0.157. The maximum atomic E-state index is 12.3. The van der Waals surface area contributed by atoms with Gasteiger partial charge in [0, 0.05) is 36.4 Å². The Balaban J connectivity index is 1.42. The van der Waals surface area contributed by atoms with E-state index in [4.69, 9.17) is 4.74 Å². The number of rotatable bonds is 5. The molecule has 1 N–H and O–H groups in total. The summed E-state index contributed by atoms with van der Waals surface area (Å²) in [5.41, 5.74) is 2.22. The Labute approximate surface area is 143 Å². The van der Waals surface area contributed by atoms with E-state index in [0.717, 1.165) is 16.7 Å². The van der Waals surface area contributed by atoms with Crippen LogP contribution in [0.3, 0.4) is 0 Å². The minimum Gasteiger partial charge on any atom is -0.497 e. The van der Waals surface area contributed by atoms with Crippen LogP contribution >= 0.6 is 0 Å². The lowest BCUT2D eigenvalue weighted by molar-refractivity contribution is 0.0952. The topological polar surface area (TPSA) is 86.3 Å². The third kappa shape index (κ3) is 2.89. The first kappa shape index (κ1) is 15.1. The number of nitrogens with one attached hydrogen (secondary N) is 1. The molecule has 1 aromatic carbocycles. The zero-order valence-electron chi connectivity index (χ0n) is 13.6. The summed E-state index contributed by atoms with van der Waals surface area (Å²) in [6.07, 6.45) is 3.62. The molecule has 3 heterocycles. The molecule has 4 rings (SSSR count). The zero-order chi connectivity index (χ0) is 17.2. The number of hydrogen-bond acceptors (Lipinski definition) is 5. The van der Waals surface area contributed by atoms with Crippen LogP contribution in [-0.2, 0) is 6.54 Å². The number of carbonyl (C=O) groups excluding carboxylic acids is 1. The first-order chi connectivity index (χ1) is 12.2. The van der Waals surface area contributed by atoms with Crippen molar-refractivity contribution in [2.75, 3.05) is 13.7 Å². The summed E-state index contributed by atoms with van der Waals surface area (Å²) in [5, 5.41) is 15.2. The normalized spacial score (nSPS) is 11.1. The van der Waals surface area contributed by atoms with E-state index >= 15 is 0 Å². The number of fused-ring (bicyclic) bond motifs is 2. The molecule has 0 radical (unpaired) electrons. The second-order valence-electron chi connectivity index (χ2n) is 5.59. The van der Waals surface area contributed by atoms with Crippen LogP contribution in [0.1, 0.15) is 10.4 Å². The smallest absolute Gasteiger partial charge is 0.252 e. The van der Waals surface area contributed by atoms with Crippen molar-refractivity contribution in [3.05, 3.63) is 54.4 Å². The fourth-order valence-corrected chi connectivity index (χ4v) is 2.77. The van der Waals surface area contributed by atoms with Crippen LogP contribution in [-0.4, -0.2) is 44.2 Å². The highest BCUT2D eigenvalue weighted by Crippen LogP contribution is 2.21. The predicted molar refractivity (Wildman–Crippen MR) is 91.6 cm³/mol. The molecule has 0 saturated carbocycles. The second-order valence-corrected chi connectivity index (χ2v) is 5.59. The Morgan fingerprint density at radius 3 is 3.04 bits per heavy atom. The molecular formula is C17H16N6O2. The van der Waals surface area contributed by atoms with Gasteiger partial charge < -0.3 is 14.6 Å². The third-order valence-electron chi connectivity index (χ3n) is 4.07. The lowest BCUT2D eigenvalue weighted by atomic mass is 10.2. The maximum Gasteiger partial charge on any atom is 0.252 e. The molecule has 1 amide bonds. The number of ether oxygens (including phenoxy) is 1. The highest BCUT2D eigenvalue weighted by Gasteiger charge is 2.08. The number of tetrazole rings is 1. The SMILES string of the molecule is COc1ccc2c(ccn2CCNC(=O)c2ccc3nnnn3c2)c1. The van der Waals surface area contributed by atoms with E-state index in [9.17, 15) is 4.79 Å². The summed E-state index contributed by atoms with van der Waals surface area (Å²) < 4.78 is 8.81. The number of nitrogens with zero attached hydrogens (tertiary/aromatic N) is 5. The Bertz CT molecular complexity index is 1050. The first-order valence-corrected chi connectivity index (χ1v) is 7.83. The van der Waals surface area contributed by atoms with Crippen molar-refractivity contribution in [3.63, 3.8) is 0 Å². The van der Waals surface area contributed by atoms with Crippen LogP contribution in [0, 0.1) is 0 Å². The average molecular weight is 336 g/mol. The molecule has 3 aromatic heterocycles. The first-order valence-electron chi connectivity index (χ1n) is 7.83. The van der Waals surface area contributed by atoms with Crippen molar-refractivity contribution < 1.29 is 9.53 Å². The van der Waals surface area contributed by atoms with Gasteiger partial charge in [-0.15, -0.1) is 5.10 Å². The van der Waals surface area contributed by atoms with Gasteiger partial charge in [0.25, 0.3) is 5.91 Å². The van der Waals surface area contributed by atoms with E-state index in [1.807, 2.05) is 30.5 Å². The van der Waals surface area contributed by atoms with Gasteiger partial charge in [-0.2, -0.15) is 4.52 Å². The van der Waals surface area contributed by atoms with Gasteiger partial charge in [0.2, 0.25) is 0 Å². The van der Waals surface area contributed by atoms with E-state index in [2.05, 4.69) is 25.4 Å². The second kappa shape index (κ2) is 6.23. The highest BCUT2D eigenvalue weighted by molar-refractivity contribution is 5.94. The van der Waals surface area contributed by atoms with Crippen molar-refractivity contribution in [2.24, 2.45) is 0 Å². The quantitative estimate of drug-likeness (QED) is 0.597. The molecule has 8 nitrogen and oxygen atoms in total. The van der Waals surface area contributed by atoms with Crippen molar-refractivity contribution in [1.82, 2.24) is 29.9 Å². The molecule has 4 aromatic rings. The zero-order valence-corrected chi connectivity index (χ0v) is 13.6. The summed E-state index contributed by atoms with van der Waals surface area (Å²) in [6.45, 7) is 1.19. The molecule has 126 valence electrons. The van der Waals surface area contributed by atoms with Crippen molar-refractivity contribution in [3.8, 4) is 5.75 Å². The van der Waals surface area contributed by atoms with Gasteiger partial charge in [0.05, 0.1) is 12.7 Å². The molecule has 0 bridgehead atoms. The summed E-state index contributed by atoms with van der Waals surface area (Å²) in [6, 6.07) is 11.4. The fraction of sp³-hybridized carbons (Fsp3) is 0.176. The lowest BCUT2D eigenvalue weighted by Crippen LogP contribution is -2.27. The van der Waals surface area contributed by atoms with Gasteiger partial charge in [-0.25, -0.2) is 0 Å². The van der Waals surface area contributed by atoms with E-state index in [0.29, 0.717) is 24.3 Å². The van der Waals surface area contributed by atoms with Gasteiger partial charge in [0.15, 0.2) is 5.65 Å². The number of pyridine rings is 1. The van der Waals surface area contributed by atoms with Crippen LogP contribution in [0.2, 0.25) is 0 Å². The van der Waals surface area contributed by atoms with Gasteiger partial charge in [-0.05, 0) is 46.8 Å². The largest absolute Gasteiger partial charge is 0.497 e. The minimum atomic E-state index is -0.157. The number of amides is 1. The van der Waals surface area contributed by atoms with Gasteiger partial charge in [0.1, 0.15) is 5.75 Å². The van der Waals surface area contributed by atoms with Gasteiger partial charge >= 0.3 is 0 Å². The molecule has 0 fully saturated rings. The Hall–Kier alpha value is -3.42. The van der Waals surface area contributed by atoms with E-state index in [1.54, 1.807) is 25.4 Å². The Kier molecular flexibility index (Phi) is 3.77. The molecule has 0 aliphatic heterocycles. The molecule has 0 spiro atoms. The van der Waals surface area contributed by atoms with Crippen LogP contribution < -0.4 is 10.1 Å². The molecule has 0 aliphatic rings. The average Bonchev–Trinajstić information content (AvgIpc) is 3.27. The molecule has 25 heavy (non-hydrogen) atoms. The van der Waals surface area contributed by atoms with Crippen molar-refractivity contribution in [2.45, 2.75) is 6.54 Å². The molecular weight excluding hydrogens is 320 g/mol. The van der Waals surface area contributed by atoms with Crippen LogP contribution in [0.5, 0.6) is 5.75 Å². The van der Waals surface area contributed by atoms with Crippen LogP contribution in [0.4, 0.5) is 0 Å². The molecule has 8 heteroatoms. The third-order valence-corrected chi connectivity index (χ3v) is 4.07. The molecule has 0 saturated heterocycles. The Morgan fingerprint density at radius 2 is 2.16 bits per heavy atom. The van der Waals surface area contributed by atoms with Crippen LogP contribution in [0.25, 0.3) is 16.6 Å².